The SMILES string of the molecule is CC(C)OC(=O)[C@@](F)(C(=O)c1cccs1)[C@@H](C[N+](=O)[O-])c1ccccc1. The summed E-state index contributed by atoms with van der Waals surface area (Å²) < 4.78 is 21.1. The summed E-state index contributed by atoms with van der Waals surface area (Å²) in [5, 5.41) is 12.7. The van der Waals surface area contributed by atoms with Crippen molar-refractivity contribution in [2.75, 3.05) is 6.54 Å². The largest absolute Gasteiger partial charge is 0.460 e. The monoisotopic (exact) mass is 379 g/mol. The maximum atomic E-state index is 16.1. The third-order valence-electron chi connectivity index (χ3n) is 3.73. The van der Waals surface area contributed by atoms with Crippen LogP contribution in [0.3, 0.4) is 0 Å². The highest BCUT2D eigenvalue weighted by molar-refractivity contribution is 7.12. The van der Waals surface area contributed by atoms with Crippen molar-refractivity contribution in [1.82, 2.24) is 0 Å². The van der Waals surface area contributed by atoms with Crippen LogP contribution in [0.5, 0.6) is 0 Å². The minimum absolute atomic E-state index is 0.00233. The van der Waals surface area contributed by atoms with E-state index in [1.165, 1.54) is 38.1 Å². The van der Waals surface area contributed by atoms with Crippen molar-refractivity contribution in [2.24, 2.45) is 0 Å². The molecule has 2 rings (SSSR count). The fourth-order valence-corrected chi connectivity index (χ4v) is 3.29. The van der Waals surface area contributed by atoms with Crippen molar-refractivity contribution in [3.63, 3.8) is 0 Å². The van der Waals surface area contributed by atoms with Crippen LogP contribution in [-0.2, 0) is 9.53 Å². The fourth-order valence-electron chi connectivity index (χ4n) is 2.58. The summed E-state index contributed by atoms with van der Waals surface area (Å²) in [6, 6.07) is 10.6. The predicted octanol–water partition coefficient (Wildman–Crippen LogP) is 3.65. The molecular formula is C18H18FNO5S. The molecule has 2 atom stereocenters. The summed E-state index contributed by atoms with van der Waals surface area (Å²) in [6.07, 6.45) is -0.680. The summed E-state index contributed by atoms with van der Waals surface area (Å²) in [6.45, 7) is 2.10. The molecule has 0 saturated carbocycles. The lowest BCUT2D eigenvalue weighted by atomic mass is 9.79. The molecule has 0 amide bonds. The lowest BCUT2D eigenvalue weighted by Crippen LogP contribution is -2.51. The summed E-state index contributed by atoms with van der Waals surface area (Å²) in [5.41, 5.74) is -3.03. The van der Waals surface area contributed by atoms with Crippen molar-refractivity contribution in [3.8, 4) is 0 Å². The van der Waals surface area contributed by atoms with Gasteiger partial charge >= 0.3 is 5.97 Å². The van der Waals surface area contributed by atoms with Gasteiger partial charge in [0.05, 0.1) is 11.0 Å². The van der Waals surface area contributed by atoms with Gasteiger partial charge in [-0.05, 0) is 30.9 Å². The molecule has 0 bridgehead atoms. The molecule has 0 N–H and O–H groups in total. The minimum Gasteiger partial charge on any atom is -0.460 e. The fraction of sp³-hybridized carbons (Fsp3) is 0.333. The first kappa shape index (κ1) is 19.7. The second-order valence-electron chi connectivity index (χ2n) is 5.95. The minimum atomic E-state index is -3.20. The number of carbonyl (C=O) groups excluding carboxylic acids is 2. The van der Waals surface area contributed by atoms with Crippen molar-refractivity contribution >= 4 is 23.1 Å². The second-order valence-corrected chi connectivity index (χ2v) is 6.90. The van der Waals surface area contributed by atoms with Gasteiger partial charge in [-0.3, -0.25) is 14.9 Å². The smallest absolute Gasteiger partial charge is 0.353 e. The molecule has 138 valence electrons. The number of nitro groups is 1. The van der Waals surface area contributed by atoms with Crippen LogP contribution < -0.4 is 0 Å². The Hall–Kier alpha value is -2.61. The molecule has 26 heavy (non-hydrogen) atoms. The number of esters is 1. The van der Waals surface area contributed by atoms with E-state index in [2.05, 4.69) is 0 Å². The van der Waals surface area contributed by atoms with Crippen LogP contribution in [0.2, 0.25) is 0 Å². The lowest BCUT2D eigenvalue weighted by molar-refractivity contribution is -0.485. The van der Waals surface area contributed by atoms with E-state index in [0.29, 0.717) is 0 Å². The van der Waals surface area contributed by atoms with E-state index in [1.54, 1.807) is 23.6 Å². The Morgan fingerprint density at radius 1 is 1.23 bits per heavy atom. The molecular weight excluding hydrogens is 361 g/mol. The first-order valence-electron chi connectivity index (χ1n) is 7.91. The van der Waals surface area contributed by atoms with E-state index in [4.69, 9.17) is 4.74 Å². The van der Waals surface area contributed by atoms with Crippen LogP contribution in [0.25, 0.3) is 0 Å². The van der Waals surface area contributed by atoms with Crippen molar-refractivity contribution in [1.29, 1.82) is 0 Å². The first-order chi connectivity index (χ1) is 12.3. The van der Waals surface area contributed by atoms with Crippen LogP contribution in [0.15, 0.2) is 47.8 Å². The summed E-state index contributed by atoms with van der Waals surface area (Å²) in [4.78, 5) is 35.9. The van der Waals surface area contributed by atoms with Gasteiger partial charge < -0.3 is 4.74 Å². The molecule has 0 unspecified atom stereocenters. The van der Waals surface area contributed by atoms with Gasteiger partial charge in [0.25, 0.3) is 5.67 Å². The molecule has 2 aromatic rings. The van der Waals surface area contributed by atoms with Gasteiger partial charge in [0.15, 0.2) is 0 Å². The van der Waals surface area contributed by atoms with Crippen LogP contribution in [0.4, 0.5) is 4.39 Å². The molecule has 0 fully saturated rings. The molecule has 0 aliphatic rings. The number of thiophene rings is 1. The van der Waals surface area contributed by atoms with Gasteiger partial charge in [-0.15, -0.1) is 11.3 Å². The van der Waals surface area contributed by atoms with Gasteiger partial charge in [0.1, 0.15) is 5.92 Å². The topological polar surface area (TPSA) is 86.5 Å². The Kier molecular flexibility index (Phi) is 6.20. The van der Waals surface area contributed by atoms with Crippen LogP contribution in [0.1, 0.15) is 35.0 Å². The molecule has 0 aliphatic carbocycles. The highest BCUT2D eigenvalue weighted by Crippen LogP contribution is 2.37. The molecule has 1 aromatic heterocycles. The average Bonchev–Trinajstić information content (AvgIpc) is 3.12. The standard InChI is InChI=1S/C18H18FNO5S/c1-12(2)25-17(22)18(19,16(21)15-9-6-10-26-15)14(11-20(23)24)13-7-4-3-5-8-13/h3-10,12,14H,11H2,1-2H3/t14-,18-/m0/s1. The predicted molar refractivity (Wildman–Crippen MR) is 94.8 cm³/mol. The Labute approximate surface area is 153 Å². The number of halogens is 1. The normalized spacial score (nSPS) is 14.5. The number of hydrogen-bond acceptors (Lipinski definition) is 6. The van der Waals surface area contributed by atoms with E-state index in [-0.39, 0.29) is 10.4 Å². The number of alkyl halides is 1. The molecule has 6 nitrogen and oxygen atoms in total. The molecule has 1 heterocycles. The van der Waals surface area contributed by atoms with E-state index < -0.39 is 40.9 Å². The Balaban J connectivity index is 2.60. The van der Waals surface area contributed by atoms with Gasteiger partial charge in [0, 0.05) is 4.92 Å². The maximum Gasteiger partial charge on any atom is 0.353 e. The third kappa shape index (κ3) is 4.13. The van der Waals surface area contributed by atoms with Crippen molar-refractivity contribution < 1.29 is 23.6 Å². The zero-order valence-corrected chi connectivity index (χ0v) is 15.1. The summed E-state index contributed by atoms with van der Waals surface area (Å²) >= 11 is 0.958. The van der Waals surface area contributed by atoms with Crippen LogP contribution >= 0.6 is 11.3 Å². The first-order valence-corrected chi connectivity index (χ1v) is 8.79. The number of carbonyl (C=O) groups is 2. The number of benzene rings is 1. The lowest BCUT2D eigenvalue weighted by Gasteiger charge is -2.29. The molecule has 0 saturated heterocycles. The van der Waals surface area contributed by atoms with E-state index in [1.807, 2.05) is 0 Å². The zero-order chi connectivity index (χ0) is 19.3. The summed E-state index contributed by atoms with van der Waals surface area (Å²) in [7, 11) is 0. The van der Waals surface area contributed by atoms with Gasteiger partial charge in [-0.2, -0.15) is 0 Å². The Morgan fingerprint density at radius 3 is 2.38 bits per heavy atom. The average molecular weight is 379 g/mol. The highest BCUT2D eigenvalue weighted by atomic mass is 32.1. The number of hydrogen-bond donors (Lipinski definition) is 0. The van der Waals surface area contributed by atoms with Crippen molar-refractivity contribution in [3.05, 3.63) is 68.4 Å². The highest BCUT2D eigenvalue weighted by Gasteiger charge is 2.57. The van der Waals surface area contributed by atoms with Crippen molar-refractivity contribution in [2.45, 2.75) is 31.5 Å². The number of rotatable bonds is 8. The number of ether oxygens (including phenoxy) is 1. The number of ketones is 1. The Bertz CT molecular complexity index is 778. The Morgan fingerprint density at radius 2 is 1.88 bits per heavy atom. The van der Waals surface area contributed by atoms with E-state index in [0.717, 1.165) is 11.3 Å². The molecule has 0 aliphatic heterocycles. The number of Topliss-reactive ketones (excluding diaryl/α,β-unsaturated/α-hetero) is 1. The molecule has 0 radical (unpaired) electrons. The molecule has 0 spiro atoms. The van der Waals surface area contributed by atoms with E-state index in [9.17, 15) is 19.7 Å². The molecule has 1 aromatic carbocycles. The molecule has 8 heteroatoms. The van der Waals surface area contributed by atoms with Crippen LogP contribution in [0, 0.1) is 10.1 Å². The van der Waals surface area contributed by atoms with Gasteiger partial charge in [0.2, 0.25) is 12.3 Å². The number of nitrogens with zero attached hydrogens (tertiary/aromatic N) is 1. The van der Waals surface area contributed by atoms with Gasteiger partial charge in [-0.25, -0.2) is 9.18 Å². The summed E-state index contributed by atoms with van der Waals surface area (Å²) in [5.74, 6) is -4.16. The second kappa shape index (κ2) is 8.18. The maximum absolute atomic E-state index is 16.1. The van der Waals surface area contributed by atoms with Crippen LogP contribution in [-0.4, -0.2) is 35.0 Å². The zero-order valence-electron chi connectivity index (χ0n) is 14.3. The van der Waals surface area contributed by atoms with Gasteiger partial charge in [-0.1, -0.05) is 36.4 Å². The van der Waals surface area contributed by atoms with E-state index >= 15 is 4.39 Å². The third-order valence-corrected chi connectivity index (χ3v) is 4.60. The quantitative estimate of drug-likeness (QED) is 0.230.